The van der Waals surface area contributed by atoms with Gasteiger partial charge in [-0.05, 0) is 133 Å². The van der Waals surface area contributed by atoms with Crippen molar-refractivity contribution < 1.29 is 4.57 Å². The van der Waals surface area contributed by atoms with Crippen LogP contribution in [0, 0.1) is 0 Å². The first-order chi connectivity index (χ1) is 55.9. The number of para-hydroxylation sites is 6. The van der Waals surface area contributed by atoms with E-state index in [9.17, 15) is 0 Å². The molecule has 7 aromatic heterocycles. The molecule has 9 nitrogen and oxygen atoms in total. The number of benzene rings is 15. The maximum atomic E-state index is 15.0. The van der Waals surface area contributed by atoms with E-state index >= 15 is 4.57 Å². The Morgan fingerprint density at radius 1 is 0.230 bits per heavy atom. The zero-order valence-corrected chi connectivity index (χ0v) is 62.0. The van der Waals surface area contributed by atoms with Gasteiger partial charge in [-0.2, -0.15) is 0 Å². The molecule has 0 unspecified atom stereocenters. The monoisotopic (exact) mass is 1460 g/mol. The fourth-order valence-electron chi connectivity index (χ4n) is 16.2. The van der Waals surface area contributed by atoms with Gasteiger partial charge >= 0.3 is 0 Å². The van der Waals surface area contributed by atoms with Gasteiger partial charge in [0, 0.05) is 94.2 Å². The number of nitrogens with zero attached hydrogens (tertiary/aromatic N) is 8. The largest absolute Gasteiger partial charge is 0.309 e. The SMILES string of the molecule is O=P(c1ccccc1)(c1ccccc1)c1ccnc(-c2nc3ccccc3c3c2ccc2ccccc23)c1.c1ccc(-c2ccnc(-c3nc4ccccc4c4c3ccc3ccccc34)c2)cc1.c1ccc(-n2c(-c3ccc(-c4ccnc(-c5nc6ccccc6c6c5ccc5ccccc56)c4)cc3)nc3ccccc32)cc1. The summed E-state index contributed by atoms with van der Waals surface area (Å²) in [4.78, 5) is 34.6. The maximum absolute atomic E-state index is 15.0. The van der Waals surface area contributed by atoms with Crippen LogP contribution in [0.2, 0.25) is 0 Å². The Balaban J connectivity index is 0.000000112. The molecule has 0 saturated heterocycles. The van der Waals surface area contributed by atoms with Crippen molar-refractivity contribution in [3.8, 4) is 73.5 Å². The fraction of sp³-hybridized carbons (Fsp3) is 0. The van der Waals surface area contributed by atoms with Gasteiger partial charge in [0.15, 0.2) is 7.14 Å². The molecule has 0 radical (unpaired) electrons. The highest BCUT2D eigenvalue weighted by Gasteiger charge is 2.31. The first-order valence-corrected chi connectivity index (χ1v) is 39.6. The van der Waals surface area contributed by atoms with Crippen LogP contribution < -0.4 is 15.9 Å². The van der Waals surface area contributed by atoms with Gasteiger partial charge in [0.2, 0.25) is 0 Å². The van der Waals surface area contributed by atoms with Crippen LogP contribution in [0.25, 0.3) is 182 Å². The summed E-state index contributed by atoms with van der Waals surface area (Å²) in [6.07, 6.45) is 5.52. The van der Waals surface area contributed by atoms with E-state index in [1.54, 1.807) is 6.20 Å². The van der Waals surface area contributed by atoms with Gasteiger partial charge in [-0.15, -0.1) is 0 Å². The van der Waals surface area contributed by atoms with Crippen molar-refractivity contribution in [1.29, 1.82) is 0 Å². The standard InChI is InChI=1S/C41H26N4.C34H23N2OP.C28H18N2/c1-2-11-31(12-3-1)45-38-17-9-8-16-36(38)44-41(45)29-20-18-27(19-21-29)30-24-25-42-37(26-30)40-34-23-22-28-10-4-5-13-32(28)39(34)33-14-6-7-15-35(33)43-40;37-38(25-12-3-1-4-13-25,26-14-5-2-6-15-26)27-21-22-35-32(23-27)34-30-20-19-24-11-7-8-16-28(24)33(30)29-17-9-10-18-31(29)36-34;1-2-8-19(9-3-1)21-16-17-29-26(18-21)28-24-15-14-20-10-4-5-11-22(20)27(24)23-12-6-7-13-25(23)30-28/h1-26H;1-23H;1-18H. The third kappa shape index (κ3) is 12.4. The van der Waals surface area contributed by atoms with Crippen molar-refractivity contribution in [1.82, 2.24) is 39.5 Å². The summed E-state index contributed by atoms with van der Waals surface area (Å²) in [5.74, 6) is 0.920. The second-order valence-corrected chi connectivity index (χ2v) is 30.9. The normalized spacial score (nSPS) is 11.6. The average molecular weight is 1460 g/mol. The highest BCUT2D eigenvalue weighted by atomic mass is 31.2. The Bertz CT molecular complexity index is 7380. The first kappa shape index (κ1) is 67.6. The number of hydrogen-bond acceptors (Lipinski definition) is 8. The molecule has 15 aromatic carbocycles. The molecule has 22 aromatic rings. The summed E-state index contributed by atoms with van der Waals surface area (Å²) in [6, 6.07) is 133. The smallest absolute Gasteiger partial charge is 0.171 e. The van der Waals surface area contributed by atoms with Crippen LogP contribution in [-0.2, 0) is 4.57 Å². The molecule has 113 heavy (non-hydrogen) atoms. The number of fused-ring (bicyclic) bond motifs is 16. The zero-order valence-electron chi connectivity index (χ0n) is 61.1. The molecular formula is C103H67N8OP. The summed E-state index contributed by atoms with van der Waals surface area (Å²) in [5.41, 5.74) is 16.7. The van der Waals surface area contributed by atoms with Crippen LogP contribution in [0.4, 0.5) is 0 Å². The Labute approximate surface area is 651 Å². The van der Waals surface area contributed by atoms with Crippen molar-refractivity contribution in [2.75, 3.05) is 0 Å². The van der Waals surface area contributed by atoms with Gasteiger partial charge in [0.05, 0.1) is 61.7 Å². The topological polar surface area (TPSA) is 112 Å². The predicted octanol–water partition coefficient (Wildman–Crippen LogP) is 24.8. The van der Waals surface area contributed by atoms with Crippen LogP contribution in [0.5, 0.6) is 0 Å². The lowest BCUT2D eigenvalue weighted by Gasteiger charge is -2.20. The van der Waals surface area contributed by atoms with E-state index in [1.807, 2.05) is 128 Å². The molecule has 530 valence electrons. The molecule has 0 fully saturated rings. The molecular weight excluding hydrogens is 1400 g/mol. The fourth-order valence-corrected chi connectivity index (χ4v) is 18.9. The van der Waals surface area contributed by atoms with E-state index in [2.05, 4.69) is 278 Å². The quantitative estimate of drug-likeness (QED) is 0.0983. The van der Waals surface area contributed by atoms with Gasteiger partial charge < -0.3 is 4.57 Å². The highest BCUT2D eigenvalue weighted by molar-refractivity contribution is 7.85. The van der Waals surface area contributed by atoms with Crippen LogP contribution in [0.1, 0.15) is 0 Å². The van der Waals surface area contributed by atoms with Gasteiger partial charge in [-0.1, -0.05) is 309 Å². The van der Waals surface area contributed by atoms with Gasteiger partial charge in [0.25, 0.3) is 0 Å². The predicted molar refractivity (Wildman–Crippen MR) is 470 cm³/mol. The lowest BCUT2D eigenvalue weighted by molar-refractivity contribution is 0.592. The molecule has 0 bridgehead atoms. The van der Waals surface area contributed by atoms with Gasteiger partial charge in [-0.25, -0.2) is 19.9 Å². The van der Waals surface area contributed by atoms with Crippen LogP contribution in [0.3, 0.4) is 0 Å². The summed E-state index contributed by atoms with van der Waals surface area (Å²) >= 11 is 0. The number of pyridine rings is 6. The van der Waals surface area contributed by atoms with Gasteiger partial charge in [-0.3, -0.25) is 19.5 Å². The third-order valence-electron chi connectivity index (χ3n) is 21.5. The Morgan fingerprint density at radius 3 is 1.03 bits per heavy atom. The lowest BCUT2D eigenvalue weighted by Crippen LogP contribution is -2.25. The van der Waals surface area contributed by atoms with Crippen molar-refractivity contribution >= 4 is 131 Å². The van der Waals surface area contributed by atoms with Gasteiger partial charge in [0.1, 0.15) is 5.82 Å². The molecule has 7 heterocycles. The second kappa shape index (κ2) is 29.0. The number of hydrogen-bond donors (Lipinski definition) is 0. The zero-order chi connectivity index (χ0) is 75.2. The summed E-state index contributed by atoms with van der Waals surface area (Å²) in [6.45, 7) is 0. The molecule has 0 aliphatic heterocycles. The van der Waals surface area contributed by atoms with E-state index in [0.29, 0.717) is 5.69 Å². The van der Waals surface area contributed by atoms with Crippen LogP contribution in [0.15, 0.2) is 407 Å². The van der Waals surface area contributed by atoms with E-state index in [1.165, 1.54) is 54.0 Å². The minimum atomic E-state index is -3.14. The molecule has 0 saturated carbocycles. The molecule has 0 aliphatic carbocycles. The van der Waals surface area contributed by atoms with Crippen molar-refractivity contribution in [3.63, 3.8) is 0 Å². The molecule has 0 aliphatic rings. The first-order valence-electron chi connectivity index (χ1n) is 37.8. The summed E-state index contributed by atoms with van der Waals surface area (Å²) < 4.78 is 17.2. The minimum absolute atomic E-state index is 0.709. The van der Waals surface area contributed by atoms with E-state index < -0.39 is 7.14 Å². The van der Waals surface area contributed by atoms with Crippen LogP contribution in [-0.4, -0.2) is 39.5 Å². The second-order valence-electron chi connectivity index (χ2n) is 28.1. The highest BCUT2D eigenvalue weighted by Crippen LogP contribution is 2.45. The molecule has 0 N–H and O–H groups in total. The number of imidazole rings is 1. The number of rotatable bonds is 10. The van der Waals surface area contributed by atoms with Crippen molar-refractivity contribution in [3.05, 3.63) is 407 Å². The van der Waals surface area contributed by atoms with Crippen molar-refractivity contribution in [2.24, 2.45) is 0 Å². The Morgan fingerprint density at radius 2 is 0.575 bits per heavy atom. The van der Waals surface area contributed by atoms with E-state index in [0.717, 1.165) is 138 Å². The Kier molecular flexibility index (Phi) is 17.3. The summed E-state index contributed by atoms with van der Waals surface area (Å²) in [5, 5.41) is 19.9. The molecule has 10 heteroatoms. The maximum Gasteiger partial charge on any atom is 0.171 e. The molecule has 22 rings (SSSR count). The Hall–Kier alpha value is -14.8. The minimum Gasteiger partial charge on any atom is -0.309 e. The number of aromatic nitrogens is 8. The summed E-state index contributed by atoms with van der Waals surface area (Å²) in [7, 11) is -3.14. The molecule has 0 atom stereocenters. The third-order valence-corrected chi connectivity index (χ3v) is 24.6. The average Bonchev–Trinajstić information content (AvgIpc) is 1.50. The van der Waals surface area contributed by atoms with Crippen LogP contribution >= 0.6 is 7.14 Å². The lowest BCUT2D eigenvalue weighted by atomic mass is 9.96. The van der Waals surface area contributed by atoms with E-state index in [-0.39, 0.29) is 0 Å². The van der Waals surface area contributed by atoms with E-state index in [4.69, 9.17) is 34.9 Å². The molecule has 0 amide bonds. The van der Waals surface area contributed by atoms with Crippen molar-refractivity contribution in [2.45, 2.75) is 0 Å². The molecule has 0 spiro atoms.